The first-order valence-electron chi connectivity index (χ1n) is 10.8. The van der Waals surface area contributed by atoms with Crippen molar-refractivity contribution in [3.05, 3.63) is 94.5 Å². The van der Waals surface area contributed by atoms with Crippen LogP contribution >= 0.6 is 0 Å². The molecule has 1 aliphatic carbocycles. The second kappa shape index (κ2) is 6.77. The summed E-state index contributed by atoms with van der Waals surface area (Å²) in [6, 6.07) is 19.9. The molecule has 162 valence electrons. The summed E-state index contributed by atoms with van der Waals surface area (Å²) < 4.78 is 35.1. The lowest BCUT2D eigenvalue weighted by Crippen LogP contribution is -2.30. The van der Waals surface area contributed by atoms with Crippen LogP contribution in [0, 0.1) is 12.8 Å². The lowest BCUT2D eigenvalue weighted by atomic mass is 9.66. The predicted octanol–water partition coefficient (Wildman–Crippen LogP) is 4.79. The van der Waals surface area contributed by atoms with Gasteiger partial charge in [0.1, 0.15) is 5.75 Å². The van der Waals surface area contributed by atoms with Crippen LogP contribution in [0.2, 0.25) is 0 Å². The summed E-state index contributed by atoms with van der Waals surface area (Å²) in [5, 5.41) is 0. The number of benzene rings is 3. The Morgan fingerprint density at radius 3 is 2.22 bits per heavy atom. The van der Waals surface area contributed by atoms with Gasteiger partial charge < -0.3 is 4.74 Å². The van der Waals surface area contributed by atoms with Crippen molar-refractivity contribution in [2.24, 2.45) is 5.92 Å². The summed E-state index contributed by atoms with van der Waals surface area (Å²) in [7, 11) is -2.19. The standard InChI is InChI=1S/C26H23NO4S/c1-15-10-12-16(13-11-15)32(29,30)27-25-17-6-3-4-7-18(17)26(27)23-19-8-5-9-22(31-2)24(19)21(28)14-20(23)25/h3-13,20,23,25-26H,14H2,1-2H3/t20-,23+,25+,26-/m1/s1. The number of carbonyl (C=O) groups excluding carboxylic acids is 1. The van der Waals surface area contributed by atoms with Crippen molar-refractivity contribution in [3.8, 4) is 5.75 Å². The Hall–Kier alpha value is -2.96. The van der Waals surface area contributed by atoms with Gasteiger partial charge in [-0.2, -0.15) is 4.31 Å². The number of hydrogen-bond acceptors (Lipinski definition) is 4. The summed E-state index contributed by atoms with van der Waals surface area (Å²) in [5.41, 5.74) is 4.58. The maximum atomic E-state index is 14.0. The Labute approximate surface area is 187 Å². The van der Waals surface area contributed by atoms with Gasteiger partial charge in [0.15, 0.2) is 5.78 Å². The third-order valence-corrected chi connectivity index (χ3v) is 9.20. The molecular formula is C26H23NO4S. The van der Waals surface area contributed by atoms with E-state index in [1.54, 1.807) is 29.6 Å². The van der Waals surface area contributed by atoms with Gasteiger partial charge >= 0.3 is 0 Å². The van der Waals surface area contributed by atoms with E-state index in [4.69, 9.17) is 4.74 Å². The average Bonchev–Trinajstić information content (AvgIpc) is 3.32. The largest absolute Gasteiger partial charge is 0.496 e. The molecule has 3 aromatic rings. The SMILES string of the molecule is COc1cccc2c1C(=O)C[C@@H]1[C@H]2[C@H]2c3ccccc3[C@@H]1N2S(=O)(=O)c1ccc(C)cc1. The van der Waals surface area contributed by atoms with Gasteiger partial charge in [-0.3, -0.25) is 4.79 Å². The Bertz CT molecular complexity index is 1360. The summed E-state index contributed by atoms with van der Waals surface area (Å²) in [4.78, 5) is 13.5. The lowest BCUT2D eigenvalue weighted by Gasteiger charge is -2.35. The first-order chi connectivity index (χ1) is 15.4. The second-order valence-electron chi connectivity index (χ2n) is 8.91. The van der Waals surface area contributed by atoms with Crippen LogP contribution in [0.4, 0.5) is 0 Å². The number of carbonyl (C=O) groups is 1. The molecule has 1 fully saturated rings. The number of ketones is 1. The monoisotopic (exact) mass is 445 g/mol. The van der Waals surface area contributed by atoms with E-state index in [1.807, 2.05) is 55.5 Å². The minimum absolute atomic E-state index is 0.0245. The molecule has 6 rings (SSSR count). The van der Waals surface area contributed by atoms with E-state index in [9.17, 15) is 13.2 Å². The van der Waals surface area contributed by atoms with Crippen LogP contribution in [0.25, 0.3) is 0 Å². The van der Waals surface area contributed by atoms with Crippen molar-refractivity contribution in [1.29, 1.82) is 0 Å². The molecule has 2 heterocycles. The van der Waals surface area contributed by atoms with Crippen molar-refractivity contribution in [3.63, 3.8) is 0 Å². The molecule has 1 saturated heterocycles. The van der Waals surface area contributed by atoms with Crippen LogP contribution in [-0.4, -0.2) is 25.6 Å². The summed E-state index contributed by atoms with van der Waals surface area (Å²) in [6.45, 7) is 1.94. The molecule has 0 saturated carbocycles. The topological polar surface area (TPSA) is 63.7 Å². The highest BCUT2D eigenvalue weighted by Crippen LogP contribution is 2.67. The quantitative estimate of drug-likeness (QED) is 0.582. The Balaban J connectivity index is 1.57. The maximum Gasteiger partial charge on any atom is 0.244 e. The molecule has 0 amide bonds. The first kappa shape index (κ1) is 19.7. The van der Waals surface area contributed by atoms with Gasteiger partial charge in [0.05, 0.1) is 29.7 Å². The highest BCUT2D eigenvalue weighted by Gasteiger charge is 2.62. The molecule has 6 heteroatoms. The fourth-order valence-electron chi connectivity index (χ4n) is 6.08. The Morgan fingerprint density at radius 1 is 0.875 bits per heavy atom. The molecule has 5 nitrogen and oxygen atoms in total. The maximum absolute atomic E-state index is 14.0. The summed E-state index contributed by atoms with van der Waals surface area (Å²) >= 11 is 0. The van der Waals surface area contributed by atoms with Crippen molar-refractivity contribution in [1.82, 2.24) is 4.31 Å². The van der Waals surface area contributed by atoms with E-state index in [2.05, 4.69) is 0 Å². The van der Waals surface area contributed by atoms with Crippen LogP contribution in [-0.2, 0) is 10.0 Å². The van der Waals surface area contributed by atoms with Gasteiger partial charge in [-0.25, -0.2) is 8.42 Å². The zero-order chi connectivity index (χ0) is 22.2. The molecule has 0 radical (unpaired) electrons. The fourth-order valence-corrected chi connectivity index (χ4v) is 7.92. The minimum Gasteiger partial charge on any atom is -0.496 e. The molecule has 3 aliphatic rings. The van der Waals surface area contributed by atoms with Crippen molar-refractivity contribution in [2.45, 2.75) is 36.2 Å². The van der Waals surface area contributed by atoms with E-state index in [1.165, 1.54) is 0 Å². The fraction of sp³-hybridized carbons (Fsp3) is 0.269. The second-order valence-corrected chi connectivity index (χ2v) is 10.8. The summed E-state index contributed by atoms with van der Waals surface area (Å²) in [6.07, 6.45) is 0.313. The zero-order valence-corrected chi connectivity index (χ0v) is 18.7. The van der Waals surface area contributed by atoms with Crippen molar-refractivity contribution < 1.29 is 17.9 Å². The molecule has 3 aromatic carbocycles. The van der Waals surface area contributed by atoms with E-state index < -0.39 is 10.0 Å². The number of sulfonamides is 1. The highest BCUT2D eigenvalue weighted by atomic mass is 32.2. The van der Waals surface area contributed by atoms with Crippen LogP contribution in [0.5, 0.6) is 5.75 Å². The van der Waals surface area contributed by atoms with Crippen LogP contribution < -0.4 is 4.74 Å². The van der Waals surface area contributed by atoms with E-state index in [0.717, 1.165) is 22.3 Å². The third-order valence-electron chi connectivity index (χ3n) is 7.32. The molecule has 0 spiro atoms. The molecular weight excluding hydrogens is 422 g/mol. The molecule has 32 heavy (non-hydrogen) atoms. The summed E-state index contributed by atoms with van der Waals surface area (Å²) in [5.74, 6) is 0.409. The van der Waals surface area contributed by atoms with E-state index in [0.29, 0.717) is 22.6 Å². The number of aryl methyl sites for hydroxylation is 1. The molecule has 0 N–H and O–H groups in total. The number of nitrogens with zero attached hydrogens (tertiary/aromatic N) is 1. The zero-order valence-electron chi connectivity index (χ0n) is 17.9. The number of Topliss-reactive ketones (excluding diaryl/α,β-unsaturated/α-hetero) is 1. The first-order valence-corrected chi connectivity index (χ1v) is 12.3. The highest BCUT2D eigenvalue weighted by molar-refractivity contribution is 7.89. The Kier molecular flexibility index (Phi) is 4.17. The lowest BCUT2D eigenvalue weighted by molar-refractivity contribution is 0.0929. The molecule has 2 aliphatic heterocycles. The van der Waals surface area contributed by atoms with Gasteiger partial charge in [-0.1, -0.05) is 54.1 Å². The predicted molar refractivity (Wildman–Crippen MR) is 120 cm³/mol. The number of ether oxygens (including phenoxy) is 1. The number of fused-ring (bicyclic) bond motifs is 10. The van der Waals surface area contributed by atoms with Crippen LogP contribution in [0.15, 0.2) is 71.6 Å². The van der Waals surface area contributed by atoms with Gasteiger partial charge in [-0.05, 0) is 47.7 Å². The van der Waals surface area contributed by atoms with Gasteiger partial charge in [-0.15, -0.1) is 0 Å². The Morgan fingerprint density at radius 2 is 1.53 bits per heavy atom. The van der Waals surface area contributed by atoms with Gasteiger partial charge in [0, 0.05) is 12.3 Å². The number of methoxy groups -OCH3 is 1. The van der Waals surface area contributed by atoms with E-state index >= 15 is 0 Å². The van der Waals surface area contributed by atoms with Crippen molar-refractivity contribution >= 4 is 15.8 Å². The van der Waals surface area contributed by atoms with E-state index in [-0.39, 0.29) is 29.7 Å². The van der Waals surface area contributed by atoms with Crippen LogP contribution in [0.1, 0.15) is 57.0 Å². The number of rotatable bonds is 3. The van der Waals surface area contributed by atoms with Crippen LogP contribution in [0.3, 0.4) is 0 Å². The molecule has 2 bridgehead atoms. The normalized spacial score (nSPS) is 25.9. The van der Waals surface area contributed by atoms with Crippen molar-refractivity contribution in [2.75, 3.05) is 7.11 Å². The molecule has 0 unspecified atom stereocenters. The minimum atomic E-state index is -3.76. The number of hydrogen-bond donors (Lipinski definition) is 0. The average molecular weight is 446 g/mol. The van der Waals surface area contributed by atoms with Gasteiger partial charge in [0.2, 0.25) is 10.0 Å². The smallest absolute Gasteiger partial charge is 0.244 e. The third kappa shape index (κ3) is 2.48. The molecule has 4 atom stereocenters. The molecule has 0 aromatic heterocycles. The van der Waals surface area contributed by atoms with Gasteiger partial charge in [0.25, 0.3) is 0 Å².